The van der Waals surface area contributed by atoms with Crippen LogP contribution < -0.4 is 15.4 Å². The van der Waals surface area contributed by atoms with E-state index in [1.165, 1.54) is 12.8 Å². The highest BCUT2D eigenvalue weighted by Gasteiger charge is 2.22. The minimum atomic E-state index is -0.665. The fourth-order valence-electron chi connectivity index (χ4n) is 3.62. The van der Waals surface area contributed by atoms with Gasteiger partial charge in [-0.15, -0.1) is 0 Å². The van der Waals surface area contributed by atoms with Gasteiger partial charge in [-0.25, -0.2) is 0 Å². The zero-order valence-corrected chi connectivity index (χ0v) is 17.0. The van der Waals surface area contributed by atoms with E-state index in [1.54, 1.807) is 31.2 Å². The molecule has 2 aromatic carbocycles. The highest BCUT2D eigenvalue weighted by Crippen LogP contribution is 2.21. The molecule has 0 aliphatic heterocycles. The van der Waals surface area contributed by atoms with Gasteiger partial charge in [0.05, 0.1) is 5.56 Å². The predicted octanol–water partition coefficient (Wildman–Crippen LogP) is 4.22. The molecule has 1 fully saturated rings. The third-order valence-corrected chi connectivity index (χ3v) is 5.30. The summed E-state index contributed by atoms with van der Waals surface area (Å²) in [7, 11) is 0. The maximum absolute atomic E-state index is 12.7. The third kappa shape index (κ3) is 6.34. The van der Waals surface area contributed by atoms with Gasteiger partial charge in [-0.3, -0.25) is 9.59 Å². The van der Waals surface area contributed by atoms with E-state index in [4.69, 9.17) is 4.74 Å². The predicted molar refractivity (Wildman–Crippen MR) is 114 cm³/mol. The Labute approximate surface area is 172 Å². The smallest absolute Gasteiger partial charge is 0.260 e. The van der Waals surface area contributed by atoms with Crippen molar-refractivity contribution < 1.29 is 14.3 Å². The van der Waals surface area contributed by atoms with E-state index in [-0.39, 0.29) is 17.9 Å². The lowest BCUT2D eigenvalue weighted by Crippen LogP contribution is -2.42. The Bertz CT molecular complexity index is 799. The van der Waals surface area contributed by atoms with Crippen LogP contribution in [-0.4, -0.2) is 24.0 Å². The van der Waals surface area contributed by atoms with Crippen LogP contribution in [0.3, 0.4) is 0 Å². The summed E-state index contributed by atoms with van der Waals surface area (Å²) >= 11 is 0. The quantitative estimate of drug-likeness (QED) is 0.691. The number of benzene rings is 2. The van der Waals surface area contributed by atoms with Crippen LogP contribution in [0, 0.1) is 0 Å². The number of rotatable bonds is 7. The van der Waals surface area contributed by atoms with E-state index >= 15 is 0 Å². The van der Waals surface area contributed by atoms with E-state index in [0.29, 0.717) is 17.9 Å². The monoisotopic (exact) mass is 394 g/mol. The molecule has 154 valence electrons. The van der Waals surface area contributed by atoms with Crippen LogP contribution in [0.25, 0.3) is 0 Å². The Hall–Kier alpha value is -2.82. The fraction of sp³-hybridized carbons (Fsp3) is 0.417. The molecule has 2 aromatic rings. The first-order chi connectivity index (χ1) is 14.1. The molecule has 0 saturated heterocycles. The van der Waals surface area contributed by atoms with E-state index in [9.17, 15) is 9.59 Å². The number of hydrogen-bond acceptors (Lipinski definition) is 3. The van der Waals surface area contributed by atoms with Crippen LogP contribution in [0.5, 0.6) is 5.75 Å². The van der Waals surface area contributed by atoms with Crippen molar-refractivity contribution in [1.29, 1.82) is 0 Å². The van der Waals surface area contributed by atoms with Gasteiger partial charge in [0, 0.05) is 12.6 Å². The minimum absolute atomic E-state index is 0.128. The van der Waals surface area contributed by atoms with Crippen LogP contribution in [-0.2, 0) is 11.3 Å². The van der Waals surface area contributed by atoms with Crippen molar-refractivity contribution in [2.45, 2.75) is 64.1 Å². The van der Waals surface area contributed by atoms with Gasteiger partial charge in [-0.1, -0.05) is 68.1 Å². The van der Waals surface area contributed by atoms with Gasteiger partial charge in [0.2, 0.25) is 0 Å². The summed E-state index contributed by atoms with van der Waals surface area (Å²) in [5, 5.41) is 6.02. The normalized spacial score (nSPS) is 15.8. The Morgan fingerprint density at radius 3 is 2.34 bits per heavy atom. The van der Waals surface area contributed by atoms with Crippen LogP contribution in [0.1, 0.15) is 61.4 Å². The van der Waals surface area contributed by atoms with Crippen LogP contribution >= 0.6 is 0 Å². The summed E-state index contributed by atoms with van der Waals surface area (Å²) in [4.78, 5) is 25.2. The minimum Gasteiger partial charge on any atom is -0.480 e. The summed E-state index contributed by atoms with van der Waals surface area (Å²) in [6.45, 7) is 2.16. The summed E-state index contributed by atoms with van der Waals surface area (Å²) < 4.78 is 5.88. The lowest BCUT2D eigenvalue weighted by Gasteiger charge is -2.21. The Kier molecular flexibility index (Phi) is 7.68. The van der Waals surface area contributed by atoms with Gasteiger partial charge in [0.15, 0.2) is 6.10 Å². The Balaban J connectivity index is 1.58. The van der Waals surface area contributed by atoms with E-state index in [0.717, 1.165) is 31.2 Å². The molecule has 1 atom stereocenters. The van der Waals surface area contributed by atoms with E-state index < -0.39 is 6.10 Å². The summed E-state index contributed by atoms with van der Waals surface area (Å²) in [5.41, 5.74) is 1.45. The Morgan fingerprint density at radius 2 is 1.62 bits per heavy atom. The molecule has 3 rings (SSSR count). The van der Waals surface area contributed by atoms with Crippen molar-refractivity contribution >= 4 is 11.8 Å². The first-order valence-corrected chi connectivity index (χ1v) is 10.5. The fourth-order valence-corrected chi connectivity index (χ4v) is 3.62. The van der Waals surface area contributed by atoms with Gasteiger partial charge < -0.3 is 15.4 Å². The molecule has 29 heavy (non-hydrogen) atoms. The summed E-state index contributed by atoms with van der Waals surface area (Å²) in [6, 6.07) is 17.0. The van der Waals surface area contributed by atoms with Gasteiger partial charge in [0.1, 0.15) is 5.75 Å². The molecule has 5 nitrogen and oxygen atoms in total. The molecule has 1 aliphatic rings. The highest BCUT2D eigenvalue weighted by atomic mass is 16.5. The van der Waals surface area contributed by atoms with Crippen molar-refractivity contribution in [3.05, 3.63) is 65.7 Å². The molecule has 0 bridgehead atoms. The number of para-hydroxylation sites is 1. The van der Waals surface area contributed by atoms with Crippen LogP contribution in [0.4, 0.5) is 0 Å². The molecule has 2 amide bonds. The molecular formula is C24H30N2O3. The average molecular weight is 395 g/mol. The molecule has 0 spiro atoms. The second kappa shape index (κ2) is 10.6. The molecule has 0 radical (unpaired) electrons. The third-order valence-electron chi connectivity index (χ3n) is 5.30. The Morgan fingerprint density at radius 1 is 0.966 bits per heavy atom. The largest absolute Gasteiger partial charge is 0.480 e. The van der Waals surface area contributed by atoms with Gasteiger partial charge >= 0.3 is 0 Å². The number of ether oxygens (including phenoxy) is 1. The van der Waals surface area contributed by atoms with Crippen molar-refractivity contribution in [1.82, 2.24) is 10.6 Å². The molecule has 0 aromatic heterocycles. The zero-order valence-electron chi connectivity index (χ0n) is 17.0. The van der Waals surface area contributed by atoms with Crippen molar-refractivity contribution in [2.75, 3.05) is 0 Å². The lowest BCUT2D eigenvalue weighted by atomic mass is 10.1. The molecule has 1 saturated carbocycles. The van der Waals surface area contributed by atoms with Crippen LogP contribution in [0.15, 0.2) is 54.6 Å². The molecule has 1 aliphatic carbocycles. The summed E-state index contributed by atoms with van der Waals surface area (Å²) in [5.74, 6) is 0.0683. The molecule has 5 heteroatoms. The molecule has 0 heterocycles. The van der Waals surface area contributed by atoms with Gasteiger partial charge in [-0.2, -0.15) is 0 Å². The maximum Gasteiger partial charge on any atom is 0.260 e. The topological polar surface area (TPSA) is 67.4 Å². The number of carbonyl (C=O) groups excluding carboxylic acids is 2. The van der Waals surface area contributed by atoms with Crippen LogP contribution in [0.2, 0.25) is 0 Å². The average Bonchev–Trinajstić information content (AvgIpc) is 3.02. The zero-order chi connectivity index (χ0) is 20.5. The first-order valence-electron chi connectivity index (χ1n) is 10.5. The lowest BCUT2D eigenvalue weighted by molar-refractivity contribution is -0.128. The SMILES string of the molecule is C[C@H](Oc1ccccc1C(=O)NCc1ccccc1)C(=O)NC1CCCCCC1. The standard InChI is InChI=1S/C24H30N2O3/c1-18(23(27)26-20-13-7-2-3-8-14-20)29-22-16-10-9-15-21(22)24(28)25-17-19-11-5-4-6-12-19/h4-6,9-12,15-16,18,20H,2-3,7-8,13-14,17H2,1H3,(H,25,28)(H,26,27)/t18-/m0/s1. The molecular weight excluding hydrogens is 364 g/mol. The maximum atomic E-state index is 12.7. The van der Waals surface area contributed by atoms with E-state index in [2.05, 4.69) is 10.6 Å². The van der Waals surface area contributed by atoms with Crippen molar-refractivity contribution in [2.24, 2.45) is 0 Å². The molecule has 2 N–H and O–H groups in total. The van der Waals surface area contributed by atoms with Gasteiger partial charge in [0.25, 0.3) is 11.8 Å². The second-order valence-electron chi connectivity index (χ2n) is 7.62. The van der Waals surface area contributed by atoms with Crippen molar-refractivity contribution in [3.8, 4) is 5.75 Å². The number of carbonyl (C=O) groups is 2. The van der Waals surface area contributed by atoms with Gasteiger partial charge in [-0.05, 0) is 37.5 Å². The summed E-state index contributed by atoms with van der Waals surface area (Å²) in [6.07, 6.45) is 6.18. The number of hydrogen-bond donors (Lipinski definition) is 2. The first kappa shape index (κ1) is 20.9. The molecule has 0 unspecified atom stereocenters. The van der Waals surface area contributed by atoms with Crippen molar-refractivity contribution in [3.63, 3.8) is 0 Å². The number of amides is 2. The van der Waals surface area contributed by atoms with E-state index in [1.807, 2.05) is 30.3 Å². The highest BCUT2D eigenvalue weighted by molar-refractivity contribution is 5.97. The second-order valence-corrected chi connectivity index (χ2v) is 7.62. The number of nitrogens with one attached hydrogen (secondary N) is 2.